The number of carbonyl (C=O) groups is 1. The molecular weight excluding hydrogens is 262 g/mol. The van der Waals surface area contributed by atoms with Gasteiger partial charge in [0, 0.05) is 42.8 Å². The van der Waals surface area contributed by atoms with Gasteiger partial charge in [-0.25, -0.2) is 0 Å². The summed E-state index contributed by atoms with van der Waals surface area (Å²) in [6, 6.07) is 8.20. The molecule has 0 bridgehead atoms. The number of nitrogens with zero attached hydrogens (tertiary/aromatic N) is 1. The van der Waals surface area contributed by atoms with Gasteiger partial charge in [-0.1, -0.05) is 24.3 Å². The van der Waals surface area contributed by atoms with E-state index in [2.05, 4.69) is 27.8 Å². The Morgan fingerprint density at radius 3 is 2.71 bits per heavy atom. The highest BCUT2D eigenvalue weighted by molar-refractivity contribution is 5.84. The monoisotopic (exact) mass is 285 g/mol. The van der Waals surface area contributed by atoms with Crippen LogP contribution >= 0.6 is 0 Å². The van der Waals surface area contributed by atoms with Gasteiger partial charge in [0.25, 0.3) is 0 Å². The third-order valence-electron chi connectivity index (χ3n) is 3.11. The lowest BCUT2D eigenvalue weighted by molar-refractivity contribution is -0.122. The number of hydrogen-bond acceptors (Lipinski definition) is 3. The van der Waals surface area contributed by atoms with Crippen molar-refractivity contribution in [1.29, 1.82) is 0 Å². The molecule has 1 aromatic heterocycles. The van der Waals surface area contributed by atoms with Crippen LogP contribution in [-0.4, -0.2) is 23.0 Å². The van der Waals surface area contributed by atoms with Gasteiger partial charge in [0.1, 0.15) is 0 Å². The Kier molecular flexibility index (Phi) is 4.91. The van der Waals surface area contributed by atoms with Gasteiger partial charge in [-0.3, -0.25) is 9.78 Å². The topological polar surface area (TPSA) is 54.0 Å². The van der Waals surface area contributed by atoms with E-state index in [9.17, 15) is 4.79 Å². The molecule has 21 heavy (non-hydrogen) atoms. The van der Waals surface area contributed by atoms with E-state index in [1.165, 1.54) is 5.39 Å². The average molecular weight is 285 g/mol. The smallest absolute Gasteiger partial charge is 0.221 e. The van der Waals surface area contributed by atoms with Gasteiger partial charge in [0.15, 0.2) is 0 Å². The highest BCUT2D eigenvalue weighted by atomic mass is 16.1. The molecule has 0 aliphatic carbocycles. The predicted molar refractivity (Wildman–Crippen MR) is 86.0 cm³/mol. The van der Waals surface area contributed by atoms with Gasteiger partial charge in [-0.15, -0.1) is 0 Å². The maximum Gasteiger partial charge on any atom is 0.221 e. The molecule has 2 rings (SSSR count). The maximum absolute atomic E-state index is 11.7. The van der Waals surface area contributed by atoms with E-state index in [0.717, 1.165) is 17.5 Å². The largest absolute Gasteiger partial charge is 0.351 e. The second-order valence-corrected chi connectivity index (χ2v) is 6.24. The number of carbonyl (C=O) groups excluding carboxylic acids is 1. The van der Waals surface area contributed by atoms with E-state index < -0.39 is 0 Å². The summed E-state index contributed by atoms with van der Waals surface area (Å²) in [5, 5.41) is 8.61. The molecule has 4 heteroatoms. The highest BCUT2D eigenvalue weighted by Gasteiger charge is 2.12. The second-order valence-electron chi connectivity index (χ2n) is 6.24. The van der Waals surface area contributed by atoms with E-state index in [-0.39, 0.29) is 11.4 Å². The summed E-state index contributed by atoms with van der Waals surface area (Å²) >= 11 is 0. The van der Waals surface area contributed by atoms with Crippen molar-refractivity contribution in [3.63, 3.8) is 0 Å². The van der Waals surface area contributed by atoms with E-state index in [0.29, 0.717) is 13.0 Å². The van der Waals surface area contributed by atoms with Crippen LogP contribution in [0.3, 0.4) is 0 Å². The minimum Gasteiger partial charge on any atom is -0.351 e. The summed E-state index contributed by atoms with van der Waals surface area (Å²) < 4.78 is 0. The maximum atomic E-state index is 11.7. The molecular formula is C17H23N3O. The van der Waals surface area contributed by atoms with Crippen LogP contribution in [-0.2, 0) is 11.3 Å². The lowest BCUT2D eigenvalue weighted by atomic mass is 10.1. The molecule has 0 unspecified atom stereocenters. The molecule has 0 spiro atoms. The number of aromatic nitrogens is 1. The molecule has 0 aliphatic rings. The van der Waals surface area contributed by atoms with Crippen LogP contribution in [0.15, 0.2) is 36.7 Å². The van der Waals surface area contributed by atoms with E-state index >= 15 is 0 Å². The van der Waals surface area contributed by atoms with Crippen molar-refractivity contribution in [2.75, 3.05) is 6.54 Å². The molecule has 0 fully saturated rings. The minimum atomic E-state index is -0.170. The number of rotatable bonds is 5. The van der Waals surface area contributed by atoms with Gasteiger partial charge in [-0.2, -0.15) is 0 Å². The molecule has 0 atom stereocenters. The van der Waals surface area contributed by atoms with Gasteiger partial charge in [0.2, 0.25) is 5.91 Å². The molecule has 0 radical (unpaired) electrons. The normalized spacial score (nSPS) is 11.6. The van der Waals surface area contributed by atoms with Crippen molar-refractivity contribution in [2.24, 2.45) is 0 Å². The molecule has 1 aromatic carbocycles. The summed E-state index contributed by atoms with van der Waals surface area (Å²) in [6.45, 7) is 7.34. The predicted octanol–water partition coefficient (Wildman–Crippen LogP) is 2.63. The Labute approximate surface area is 126 Å². The van der Waals surface area contributed by atoms with Gasteiger partial charge < -0.3 is 10.6 Å². The third-order valence-corrected chi connectivity index (χ3v) is 3.11. The molecule has 4 nitrogen and oxygen atoms in total. The summed E-state index contributed by atoms with van der Waals surface area (Å²) in [6.07, 6.45) is 4.23. The average Bonchev–Trinajstić information content (AvgIpc) is 2.42. The van der Waals surface area contributed by atoms with Gasteiger partial charge in [0.05, 0.1) is 0 Å². The fraction of sp³-hybridized carbons (Fsp3) is 0.412. The SMILES string of the molecule is CC(C)(C)NC(=O)CCNCc1cncc2ccccc12. The number of benzene rings is 1. The first kappa shape index (κ1) is 15.4. The molecule has 1 amide bonds. The van der Waals surface area contributed by atoms with Crippen molar-refractivity contribution in [1.82, 2.24) is 15.6 Å². The Morgan fingerprint density at radius 1 is 1.19 bits per heavy atom. The first-order chi connectivity index (χ1) is 9.96. The van der Waals surface area contributed by atoms with E-state index in [1.807, 2.05) is 45.3 Å². The number of fused-ring (bicyclic) bond motifs is 1. The standard InChI is InChI=1S/C17H23N3O/c1-17(2,3)20-16(21)8-9-18-11-14-12-19-10-13-6-4-5-7-15(13)14/h4-7,10,12,18H,8-9,11H2,1-3H3,(H,20,21). The Balaban J connectivity index is 1.84. The van der Waals surface area contributed by atoms with E-state index in [4.69, 9.17) is 0 Å². The fourth-order valence-electron chi connectivity index (χ4n) is 2.23. The van der Waals surface area contributed by atoms with Crippen LogP contribution in [0.4, 0.5) is 0 Å². The van der Waals surface area contributed by atoms with Crippen molar-refractivity contribution in [2.45, 2.75) is 39.3 Å². The zero-order valence-electron chi connectivity index (χ0n) is 12.9. The summed E-state index contributed by atoms with van der Waals surface area (Å²) in [5.74, 6) is 0.0750. The van der Waals surface area contributed by atoms with Gasteiger partial charge >= 0.3 is 0 Å². The van der Waals surface area contributed by atoms with Crippen LogP contribution in [0.5, 0.6) is 0 Å². The van der Waals surface area contributed by atoms with Crippen molar-refractivity contribution in [3.05, 3.63) is 42.2 Å². The Bertz CT molecular complexity index is 611. The fourth-order valence-corrected chi connectivity index (χ4v) is 2.23. The molecule has 112 valence electrons. The van der Waals surface area contributed by atoms with Crippen LogP contribution in [0.2, 0.25) is 0 Å². The third kappa shape index (κ3) is 4.83. The quantitative estimate of drug-likeness (QED) is 0.830. The van der Waals surface area contributed by atoms with Crippen molar-refractivity contribution in [3.8, 4) is 0 Å². The first-order valence-electron chi connectivity index (χ1n) is 7.29. The summed E-state index contributed by atoms with van der Waals surface area (Å²) in [7, 11) is 0. The van der Waals surface area contributed by atoms with Crippen LogP contribution < -0.4 is 10.6 Å². The van der Waals surface area contributed by atoms with Crippen molar-refractivity contribution >= 4 is 16.7 Å². The first-order valence-corrected chi connectivity index (χ1v) is 7.29. The number of pyridine rings is 1. The molecule has 0 saturated carbocycles. The number of hydrogen-bond donors (Lipinski definition) is 2. The van der Waals surface area contributed by atoms with Crippen LogP contribution in [0, 0.1) is 0 Å². The van der Waals surface area contributed by atoms with Gasteiger partial charge in [-0.05, 0) is 31.7 Å². The lowest BCUT2D eigenvalue weighted by Crippen LogP contribution is -2.41. The molecule has 0 aliphatic heterocycles. The molecule has 2 aromatic rings. The van der Waals surface area contributed by atoms with E-state index in [1.54, 1.807) is 0 Å². The number of nitrogens with one attached hydrogen (secondary N) is 2. The van der Waals surface area contributed by atoms with Crippen LogP contribution in [0.25, 0.3) is 10.8 Å². The number of amides is 1. The zero-order chi connectivity index (χ0) is 15.3. The minimum absolute atomic E-state index is 0.0750. The molecule has 1 heterocycles. The second kappa shape index (κ2) is 6.68. The Morgan fingerprint density at radius 2 is 1.95 bits per heavy atom. The summed E-state index contributed by atoms with van der Waals surface area (Å²) in [5.41, 5.74) is 0.987. The highest BCUT2D eigenvalue weighted by Crippen LogP contribution is 2.16. The molecule has 0 saturated heterocycles. The lowest BCUT2D eigenvalue weighted by Gasteiger charge is -2.20. The Hall–Kier alpha value is -1.94. The van der Waals surface area contributed by atoms with Crippen LogP contribution in [0.1, 0.15) is 32.8 Å². The molecule has 2 N–H and O–H groups in total. The zero-order valence-corrected chi connectivity index (χ0v) is 12.9. The van der Waals surface area contributed by atoms with Crippen molar-refractivity contribution < 1.29 is 4.79 Å². The summed E-state index contributed by atoms with van der Waals surface area (Å²) in [4.78, 5) is 16.0.